The van der Waals surface area contributed by atoms with Gasteiger partial charge in [0.05, 0.1) is 25.0 Å². The fourth-order valence-electron chi connectivity index (χ4n) is 3.96. The average Bonchev–Trinajstić information content (AvgIpc) is 3.45. The Balaban J connectivity index is 1.53. The Morgan fingerprint density at radius 3 is 2.67 bits per heavy atom. The largest absolute Gasteiger partial charge is 0.490 e. The summed E-state index contributed by atoms with van der Waals surface area (Å²) in [7, 11) is 0. The van der Waals surface area contributed by atoms with Gasteiger partial charge in [-0.2, -0.15) is 18.3 Å². The van der Waals surface area contributed by atoms with E-state index in [1.807, 2.05) is 0 Å². The molecule has 5 rings (SSSR count). The summed E-state index contributed by atoms with van der Waals surface area (Å²) in [6.07, 6.45) is -2.48. The molecule has 3 aromatic heterocycles. The molecule has 0 radical (unpaired) electrons. The molecule has 36 heavy (non-hydrogen) atoms. The van der Waals surface area contributed by atoms with Gasteiger partial charge in [-0.15, -0.1) is 0 Å². The van der Waals surface area contributed by atoms with Crippen molar-refractivity contribution in [2.45, 2.75) is 24.6 Å². The first-order valence-corrected chi connectivity index (χ1v) is 10.9. The standard InChI is InChI=1S/C24H19F4N5O3/c1-13-11-36-21-16(13)9-18(32-20(21)14-4-6-15(25)7-5-14)23(35,24(26,27)28)12-29-22(34)17-10-33-19(31-17)3-2-8-30-33/h2-10,13,35H,11-12H2,1H3,(H,29,34)/t13-,23+/m1/s1. The molecular weight excluding hydrogens is 482 g/mol. The average molecular weight is 501 g/mol. The van der Waals surface area contributed by atoms with Crippen LogP contribution in [0.5, 0.6) is 5.75 Å². The van der Waals surface area contributed by atoms with E-state index in [0.717, 1.165) is 18.2 Å². The van der Waals surface area contributed by atoms with Crippen LogP contribution in [0.1, 0.15) is 34.6 Å². The zero-order valence-corrected chi connectivity index (χ0v) is 18.8. The van der Waals surface area contributed by atoms with Gasteiger partial charge in [-0.25, -0.2) is 18.9 Å². The Hall–Kier alpha value is -4.06. The topological polar surface area (TPSA) is 102 Å². The SMILES string of the molecule is C[C@@H]1COc2c1cc([C@@](O)(CNC(=O)c1cn3ncccc3n1)C(F)(F)F)nc2-c1ccc(F)cc1. The number of hydrogen-bond donors (Lipinski definition) is 2. The number of halogens is 4. The third-order valence-electron chi connectivity index (χ3n) is 5.99. The van der Waals surface area contributed by atoms with E-state index in [-0.39, 0.29) is 29.7 Å². The van der Waals surface area contributed by atoms with E-state index in [0.29, 0.717) is 16.8 Å². The van der Waals surface area contributed by atoms with Crippen LogP contribution in [0.4, 0.5) is 17.6 Å². The lowest BCUT2D eigenvalue weighted by Gasteiger charge is -2.31. The van der Waals surface area contributed by atoms with Crippen molar-refractivity contribution in [2.75, 3.05) is 13.2 Å². The smallest absolute Gasteiger partial charge is 0.424 e. The van der Waals surface area contributed by atoms with Gasteiger partial charge in [0.25, 0.3) is 5.91 Å². The number of amides is 1. The van der Waals surface area contributed by atoms with Crippen molar-refractivity contribution in [3.63, 3.8) is 0 Å². The molecule has 2 N–H and O–H groups in total. The summed E-state index contributed by atoms with van der Waals surface area (Å²) in [5.74, 6) is -1.47. The van der Waals surface area contributed by atoms with Crippen LogP contribution in [-0.4, -0.2) is 49.9 Å². The number of aliphatic hydroxyl groups is 1. The van der Waals surface area contributed by atoms with Crippen LogP contribution in [0.15, 0.2) is 54.9 Å². The van der Waals surface area contributed by atoms with E-state index in [1.165, 1.54) is 29.0 Å². The molecule has 0 saturated carbocycles. The van der Waals surface area contributed by atoms with Crippen LogP contribution >= 0.6 is 0 Å². The number of rotatable bonds is 5. The molecule has 0 saturated heterocycles. The number of aromatic nitrogens is 4. The molecule has 0 fully saturated rings. The van der Waals surface area contributed by atoms with Crippen LogP contribution in [0, 0.1) is 5.82 Å². The Labute approximate surface area is 201 Å². The molecule has 1 aliphatic rings. The quantitative estimate of drug-likeness (QED) is 0.406. The van der Waals surface area contributed by atoms with Crippen LogP contribution in [-0.2, 0) is 5.60 Å². The summed E-state index contributed by atoms with van der Waals surface area (Å²) in [4.78, 5) is 20.7. The zero-order valence-electron chi connectivity index (χ0n) is 18.8. The molecule has 0 unspecified atom stereocenters. The second-order valence-corrected chi connectivity index (χ2v) is 8.49. The van der Waals surface area contributed by atoms with E-state index in [9.17, 15) is 27.5 Å². The Kier molecular flexibility index (Phi) is 5.62. The maximum Gasteiger partial charge on any atom is 0.424 e. The monoisotopic (exact) mass is 501 g/mol. The van der Waals surface area contributed by atoms with Crippen LogP contribution in [0.3, 0.4) is 0 Å². The number of carbonyl (C=O) groups is 1. The lowest BCUT2D eigenvalue weighted by Crippen LogP contribution is -2.51. The number of nitrogens with one attached hydrogen (secondary N) is 1. The third-order valence-corrected chi connectivity index (χ3v) is 5.99. The van der Waals surface area contributed by atoms with Gasteiger partial charge >= 0.3 is 6.18 Å². The minimum Gasteiger partial charge on any atom is -0.490 e. The van der Waals surface area contributed by atoms with Crippen molar-refractivity contribution in [3.8, 4) is 17.0 Å². The van der Waals surface area contributed by atoms with Crippen molar-refractivity contribution in [1.82, 2.24) is 24.9 Å². The molecule has 12 heteroatoms. The molecule has 186 valence electrons. The van der Waals surface area contributed by atoms with Gasteiger partial charge < -0.3 is 15.2 Å². The number of fused-ring (bicyclic) bond motifs is 2. The van der Waals surface area contributed by atoms with E-state index >= 15 is 0 Å². The molecule has 0 aliphatic carbocycles. The fraction of sp³-hybridized carbons (Fsp3) is 0.250. The lowest BCUT2D eigenvalue weighted by molar-refractivity contribution is -0.265. The minimum absolute atomic E-state index is 0.0345. The van der Waals surface area contributed by atoms with Gasteiger partial charge in [0.1, 0.15) is 23.0 Å². The Morgan fingerprint density at radius 1 is 1.22 bits per heavy atom. The Bertz CT molecular complexity index is 1420. The van der Waals surface area contributed by atoms with E-state index in [4.69, 9.17) is 4.74 Å². The molecule has 4 aromatic rings. The first-order valence-electron chi connectivity index (χ1n) is 10.9. The Morgan fingerprint density at radius 2 is 1.97 bits per heavy atom. The fourth-order valence-corrected chi connectivity index (χ4v) is 3.96. The highest BCUT2D eigenvalue weighted by atomic mass is 19.4. The van der Waals surface area contributed by atoms with Crippen LogP contribution in [0.2, 0.25) is 0 Å². The first-order chi connectivity index (χ1) is 17.1. The second-order valence-electron chi connectivity index (χ2n) is 8.49. The van der Waals surface area contributed by atoms with E-state index in [2.05, 4.69) is 20.4 Å². The number of ether oxygens (including phenoxy) is 1. The minimum atomic E-state index is -5.20. The highest BCUT2D eigenvalue weighted by molar-refractivity contribution is 5.92. The number of benzene rings is 1. The summed E-state index contributed by atoms with van der Waals surface area (Å²) in [6.45, 7) is 0.744. The molecule has 4 heterocycles. The zero-order chi connectivity index (χ0) is 25.7. The van der Waals surface area contributed by atoms with Gasteiger partial charge in [0.2, 0.25) is 5.60 Å². The van der Waals surface area contributed by atoms with Gasteiger partial charge in [0.15, 0.2) is 5.65 Å². The molecule has 2 atom stereocenters. The highest BCUT2D eigenvalue weighted by Crippen LogP contribution is 2.45. The summed E-state index contributed by atoms with van der Waals surface area (Å²) in [5, 5.41) is 17.0. The predicted octanol–water partition coefficient (Wildman–Crippen LogP) is 3.61. The number of imidazole rings is 1. The molecule has 0 bridgehead atoms. The van der Waals surface area contributed by atoms with Crippen LogP contribution < -0.4 is 10.1 Å². The summed E-state index contributed by atoms with van der Waals surface area (Å²) >= 11 is 0. The van der Waals surface area contributed by atoms with Gasteiger partial charge in [-0.3, -0.25) is 4.79 Å². The highest BCUT2D eigenvalue weighted by Gasteiger charge is 2.57. The molecule has 8 nitrogen and oxygen atoms in total. The second kappa shape index (κ2) is 8.55. The number of hydrogen-bond acceptors (Lipinski definition) is 6. The van der Waals surface area contributed by atoms with E-state index < -0.39 is 35.7 Å². The summed E-state index contributed by atoms with van der Waals surface area (Å²) in [6, 6.07) is 9.32. The van der Waals surface area contributed by atoms with Gasteiger partial charge in [-0.05, 0) is 42.5 Å². The van der Waals surface area contributed by atoms with Crippen molar-refractivity contribution >= 4 is 11.6 Å². The van der Waals surface area contributed by atoms with Gasteiger partial charge in [-0.1, -0.05) is 6.92 Å². The summed E-state index contributed by atoms with van der Waals surface area (Å²) < 4.78 is 63.3. The maximum atomic E-state index is 14.3. The first kappa shape index (κ1) is 23.7. The van der Waals surface area contributed by atoms with Crippen molar-refractivity contribution < 1.29 is 32.2 Å². The number of pyridine rings is 1. The normalized spacial score (nSPS) is 16.9. The van der Waals surface area contributed by atoms with Crippen molar-refractivity contribution in [2.24, 2.45) is 0 Å². The molecular formula is C24H19F4N5O3. The van der Waals surface area contributed by atoms with Crippen LogP contribution in [0.25, 0.3) is 16.9 Å². The molecule has 1 aromatic carbocycles. The third kappa shape index (κ3) is 4.02. The van der Waals surface area contributed by atoms with Crippen molar-refractivity contribution in [3.05, 3.63) is 77.6 Å². The summed E-state index contributed by atoms with van der Waals surface area (Å²) in [5.41, 5.74) is -3.34. The maximum absolute atomic E-state index is 14.3. The number of nitrogens with zero attached hydrogens (tertiary/aromatic N) is 4. The predicted molar refractivity (Wildman–Crippen MR) is 119 cm³/mol. The molecule has 0 spiro atoms. The molecule has 1 amide bonds. The number of alkyl halides is 3. The van der Waals surface area contributed by atoms with E-state index in [1.54, 1.807) is 19.1 Å². The van der Waals surface area contributed by atoms with Gasteiger partial charge in [0, 0.05) is 23.2 Å². The molecule has 1 aliphatic heterocycles. The lowest BCUT2D eigenvalue weighted by atomic mass is 9.92. The number of carbonyl (C=O) groups excluding carboxylic acids is 1. The van der Waals surface area contributed by atoms with Crippen molar-refractivity contribution in [1.29, 1.82) is 0 Å².